The molecule has 0 spiro atoms. The second-order valence-corrected chi connectivity index (χ2v) is 13.4. The van der Waals surface area contributed by atoms with Crippen LogP contribution in [-0.4, -0.2) is 24.9 Å². The van der Waals surface area contributed by atoms with E-state index in [1.54, 1.807) is 0 Å². The van der Waals surface area contributed by atoms with Gasteiger partial charge in [0.15, 0.2) is 5.75 Å². The zero-order valence-electron chi connectivity index (χ0n) is 27.1. The first-order valence-electron chi connectivity index (χ1n) is 17.1. The molecule has 0 unspecified atom stereocenters. The van der Waals surface area contributed by atoms with Crippen molar-refractivity contribution in [2.45, 2.75) is 139 Å². The molecule has 3 rings (SSSR count). The van der Waals surface area contributed by atoms with Gasteiger partial charge in [0.1, 0.15) is 22.4 Å². The number of fused-ring (bicyclic) bond motifs is 1. The molecule has 0 atom stereocenters. The fourth-order valence-electron chi connectivity index (χ4n) is 5.60. The van der Waals surface area contributed by atoms with Crippen LogP contribution < -0.4 is 20.5 Å². The van der Waals surface area contributed by atoms with E-state index in [2.05, 4.69) is 19.2 Å². The molecule has 0 fully saturated rings. The molecule has 0 aliphatic carbocycles. The summed E-state index contributed by atoms with van der Waals surface area (Å²) >= 11 is 8.54. The number of hydrogen-bond donors (Lipinski definition) is 4. The Balaban J connectivity index is 1.70. The van der Waals surface area contributed by atoms with Crippen LogP contribution in [0.15, 0.2) is 34.1 Å². The quantitative estimate of drug-likeness (QED) is 0.0673. The molecule has 1 aliphatic rings. The molecule has 0 aromatic heterocycles. The molecule has 0 amide bonds. The monoisotopic (exact) mass is 642 g/mol. The fraction of sp³-hybridized carbons (Fsp3) is 0.611. The molecule has 0 saturated heterocycles. The van der Waals surface area contributed by atoms with Gasteiger partial charge in [-0.1, -0.05) is 152 Å². The number of anilines is 1. The highest BCUT2D eigenvalue weighted by atomic mass is 35.5. The van der Waals surface area contributed by atoms with E-state index in [1.165, 1.54) is 102 Å². The molecule has 2 aromatic rings. The molecular weight excluding hydrogens is 588 g/mol. The summed E-state index contributed by atoms with van der Waals surface area (Å²) in [6.07, 6.45) is 22.1. The van der Waals surface area contributed by atoms with Crippen molar-refractivity contribution in [3.63, 3.8) is 0 Å². The van der Waals surface area contributed by atoms with Crippen LogP contribution in [0.3, 0.4) is 0 Å². The molecule has 0 bridgehead atoms. The fourth-order valence-corrected chi connectivity index (χ4v) is 6.94. The maximum atomic E-state index is 8.71. The molecule has 44 heavy (non-hydrogen) atoms. The van der Waals surface area contributed by atoms with E-state index in [4.69, 9.17) is 37.6 Å². The number of nitrogen functional groups attached to an aromatic ring is 1. The Hall–Kier alpha value is -2.38. The molecule has 0 saturated carbocycles. The first kappa shape index (κ1) is 36.1. The number of para-hydroxylation sites is 1. The lowest BCUT2D eigenvalue weighted by atomic mass is 10.1. The van der Waals surface area contributed by atoms with Crippen LogP contribution in [0.25, 0.3) is 0 Å². The van der Waals surface area contributed by atoms with Gasteiger partial charge in [-0.05, 0) is 25.0 Å². The lowest BCUT2D eigenvalue weighted by molar-refractivity contribution is 0.290. The summed E-state index contributed by atoms with van der Waals surface area (Å²) in [7, 11) is 0. The van der Waals surface area contributed by atoms with Crippen LogP contribution in [0.2, 0.25) is 5.02 Å². The molecule has 2 aromatic carbocycles. The first-order chi connectivity index (χ1) is 21.5. The van der Waals surface area contributed by atoms with Crippen molar-refractivity contribution >= 4 is 40.7 Å². The van der Waals surface area contributed by atoms with Crippen LogP contribution in [0.1, 0.15) is 141 Å². The summed E-state index contributed by atoms with van der Waals surface area (Å²) in [5.74, 6) is 1.25. The van der Waals surface area contributed by atoms with Crippen LogP contribution in [0.5, 0.6) is 11.5 Å². The van der Waals surface area contributed by atoms with E-state index >= 15 is 0 Å². The third-order valence-electron chi connectivity index (χ3n) is 8.18. The maximum Gasteiger partial charge on any atom is 0.150 e. The minimum absolute atomic E-state index is 0.123. The summed E-state index contributed by atoms with van der Waals surface area (Å²) in [4.78, 5) is 1.54. The van der Waals surface area contributed by atoms with Crippen LogP contribution in [0, 0.1) is 10.8 Å². The van der Waals surface area contributed by atoms with Gasteiger partial charge in [-0.2, -0.15) is 0 Å². The zero-order valence-corrected chi connectivity index (χ0v) is 28.7. The first-order valence-corrected chi connectivity index (χ1v) is 18.3. The Morgan fingerprint density at radius 1 is 0.659 bits per heavy atom. The van der Waals surface area contributed by atoms with Gasteiger partial charge < -0.3 is 20.5 Å². The number of nitrogens with two attached hydrogens (primary N) is 1. The van der Waals surface area contributed by atoms with Crippen molar-refractivity contribution in [1.29, 1.82) is 10.8 Å². The largest absolute Gasteiger partial charge is 0.492 e. The van der Waals surface area contributed by atoms with Crippen molar-refractivity contribution < 1.29 is 9.47 Å². The Bertz CT molecular complexity index is 1190. The maximum absolute atomic E-state index is 8.71. The van der Waals surface area contributed by atoms with Gasteiger partial charge in [0, 0.05) is 10.6 Å². The summed E-state index contributed by atoms with van der Waals surface area (Å²) < 4.78 is 12.7. The van der Waals surface area contributed by atoms with Gasteiger partial charge in [0.2, 0.25) is 0 Å². The standard InChI is InChI=1S/C36H55ClN4O2S/c1-3-5-7-9-11-13-15-17-21-25-42-32-29-30(36(40)41-35(29)39)33(43-26-22-18-16-14-12-10-8-6-4-2)34(31(32)37)44-28-24-20-19-23-27(28)38/h19-20,23-24H,3-18,21-22,25-26,38H2,1-2H3,(H3,39,40,41). The van der Waals surface area contributed by atoms with Gasteiger partial charge in [-0.3, -0.25) is 10.8 Å². The zero-order chi connectivity index (χ0) is 31.6. The van der Waals surface area contributed by atoms with E-state index < -0.39 is 0 Å². The lowest BCUT2D eigenvalue weighted by Gasteiger charge is -2.20. The number of hydrogen-bond acceptors (Lipinski definition) is 6. The van der Waals surface area contributed by atoms with Gasteiger partial charge in [0.05, 0.1) is 29.2 Å². The highest BCUT2D eigenvalue weighted by Crippen LogP contribution is 2.51. The van der Waals surface area contributed by atoms with E-state index in [1.807, 2.05) is 24.3 Å². The summed E-state index contributed by atoms with van der Waals surface area (Å²) in [5.41, 5.74) is 8.04. The number of halogens is 1. The summed E-state index contributed by atoms with van der Waals surface area (Å²) in [5, 5.41) is 20.6. The Morgan fingerprint density at radius 2 is 1.09 bits per heavy atom. The van der Waals surface area contributed by atoms with Gasteiger partial charge in [-0.15, -0.1) is 0 Å². The molecule has 5 N–H and O–H groups in total. The van der Waals surface area contributed by atoms with Crippen LogP contribution >= 0.6 is 23.4 Å². The normalized spacial score (nSPS) is 12.4. The number of rotatable bonds is 24. The van der Waals surface area contributed by atoms with Crippen molar-refractivity contribution in [3.05, 3.63) is 40.4 Å². The average Bonchev–Trinajstić information content (AvgIpc) is 3.31. The SMILES string of the molecule is CCCCCCCCCCCOc1c(Cl)c(Sc2ccccc2N)c(OCCCCCCCCCCC)c2c1C(=N)NC2=N. The van der Waals surface area contributed by atoms with Gasteiger partial charge in [-0.25, -0.2) is 0 Å². The number of ether oxygens (including phenoxy) is 2. The molecule has 8 heteroatoms. The third kappa shape index (κ3) is 11.2. The highest BCUT2D eigenvalue weighted by Gasteiger charge is 2.35. The topological polar surface area (TPSA) is 104 Å². The molecule has 1 aliphatic heterocycles. The van der Waals surface area contributed by atoms with E-state index in [-0.39, 0.29) is 11.7 Å². The van der Waals surface area contributed by atoms with Crippen LogP contribution in [0.4, 0.5) is 5.69 Å². The smallest absolute Gasteiger partial charge is 0.150 e. The van der Waals surface area contributed by atoms with Crippen molar-refractivity contribution in [2.24, 2.45) is 0 Å². The Labute approximate surface area is 275 Å². The number of benzene rings is 2. The van der Waals surface area contributed by atoms with Crippen molar-refractivity contribution in [3.8, 4) is 11.5 Å². The van der Waals surface area contributed by atoms with Gasteiger partial charge >= 0.3 is 0 Å². The molecule has 0 radical (unpaired) electrons. The molecular formula is C36H55ClN4O2S. The minimum atomic E-state index is 0.123. The van der Waals surface area contributed by atoms with Gasteiger partial charge in [0.25, 0.3) is 0 Å². The second kappa shape index (κ2) is 20.6. The third-order valence-corrected chi connectivity index (χ3v) is 9.84. The number of nitrogens with one attached hydrogen (secondary N) is 3. The highest BCUT2D eigenvalue weighted by molar-refractivity contribution is 7.99. The summed E-state index contributed by atoms with van der Waals surface area (Å²) in [6.45, 7) is 5.54. The van der Waals surface area contributed by atoms with Crippen LogP contribution in [-0.2, 0) is 0 Å². The molecule has 1 heterocycles. The van der Waals surface area contributed by atoms with Crippen molar-refractivity contribution in [1.82, 2.24) is 5.32 Å². The molecule has 6 nitrogen and oxygen atoms in total. The summed E-state index contributed by atoms with van der Waals surface area (Å²) in [6, 6.07) is 7.68. The van der Waals surface area contributed by atoms with E-state index in [0.717, 1.165) is 30.6 Å². The Morgan fingerprint density at radius 3 is 1.59 bits per heavy atom. The predicted octanol–water partition coefficient (Wildman–Crippen LogP) is 11.1. The lowest BCUT2D eigenvalue weighted by Crippen LogP contribution is -2.20. The minimum Gasteiger partial charge on any atom is -0.492 e. The predicted molar refractivity (Wildman–Crippen MR) is 189 cm³/mol. The van der Waals surface area contributed by atoms with Crippen molar-refractivity contribution in [2.75, 3.05) is 18.9 Å². The second-order valence-electron chi connectivity index (χ2n) is 11.9. The molecule has 244 valence electrons. The average molecular weight is 643 g/mol. The van der Waals surface area contributed by atoms with E-state index in [0.29, 0.717) is 51.4 Å². The van der Waals surface area contributed by atoms with E-state index in [9.17, 15) is 0 Å². The number of amidine groups is 2. The Kier molecular flexibility index (Phi) is 16.9. The number of unbranched alkanes of at least 4 members (excludes halogenated alkanes) is 16.